The zero-order valence-electron chi connectivity index (χ0n) is 14.3. The van der Waals surface area contributed by atoms with Crippen LogP contribution in [-0.2, 0) is 0 Å². The van der Waals surface area contributed by atoms with Gasteiger partial charge in [0.05, 0.1) is 11.8 Å². The van der Waals surface area contributed by atoms with Crippen molar-refractivity contribution >= 4 is 22.6 Å². The number of benzene rings is 2. The van der Waals surface area contributed by atoms with E-state index < -0.39 is 0 Å². The highest BCUT2D eigenvalue weighted by Crippen LogP contribution is 2.23. The summed E-state index contributed by atoms with van der Waals surface area (Å²) in [4.78, 5) is 26.8. The molecule has 1 atom stereocenters. The largest absolute Gasteiger partial charge is 0.352 e. The Hall–Kier alpha value is -3.15. The SMILES string of the molecule is O=C(NCC1CCN(C(=O)c2cccc3ccccc23)C1)c1cn[nH]c1. The second-order valence-corrected chi connectivity index (χ2v) is 6.63. The number of H-pyrrole nitrogens is 1. The minimum Gasteiger partial charge on any atom is -0.352 e. The lowest BCUT2D eigenvalue weighted by Gasteiger charge is -2.18. The first-order chi connectivity index (χ1) is 12.7. The smallest absolute Gasteiger partial charge is 0.254 e. The summed E-state index contributed by atoms with van der Waals surface area (Å²) in [6.45, 7) is 1.94. The highest BCUT2D eigenvalue weighted by molar-refractivity contribution is 6.07. The van der Waals surface area contributed by atoms with E-state index in [1.807, 2.05) is 47.4 Å². The Morgan fingerprint density at radius 3 is 2.88 bits per heavy atom. The van der Waals surface area contributed by atoms with Crippen molar-refractivity contribution in [2.24, 2.45) is 5.92 Å². The fourth-order valence-electron chi connectivity index (χ4n) is 3.48. The second kappa shape index (κ2) is 7.00. The predicted octanol–water partition coefficient (Wildman–Crippen LogP) is 2.46. The number of nitrogens with zero attached hydrogens (tertiary/aromatic N) is 2. The van der Waals surface area contributed by atoms with Crippen molar-refractivity contribution in [1.29, 1.82) is 0 Å². The second-order valence-electron chi connectivity index (χ2n) is 6.63. The molecule has 2 N–H and O–H groups in total. The molecule has 0 spiro atoms. The average Bonchev–Trinajstić information content (AvgIpc) is 3.37. The van der Waals surface area contributed by atoms with E-state index in [0.717, 1.165) is 22.8 Å². The van der Waals surface area contributed by atoms with Crippen molar-refractivity contribution in [3.63, 3.8) is 0 Å². The number of hydrogen-bond donors (Lipinski definition) is 2. The van der Waals surface area contributed by atoms with Crippen LogP contribution >= 0.6 is 0 Å². The third-order valence-corrected chi connectivity index (χ3v) is 4.90. The van der Waals surface area contributed by atoms with Gasteiger partial charge in [-0.25, -0.2) is 0 Å². The third kappa shape index (κ3) is 3.18. The van der Waals surface area contributed by atoms with Crippen LogP contribution in [0.3, 0.4) is 0 Å². The normalized spacial score (nSPS) is 16.8. The number of rotatable bonds is 4. The van der Waals surface area contributed by atoms with E-state index in [2.05, 4.69) is 15.5 Å². The fourth-order valence-corrected chi connectivity index (χ4v) is 3.48. The topological polar surface area (TPSA) is 78.1 Å². The molecule has 1 fully saturated rings. The Kier molecular flexibility index (Phi) is 4.39. The van der Waals surface area contributed by atoms with E-state index in [-0.39, 0.29) is 17.7 Å². The Labute approximate surface area is 151 Å². The molecule has 2 heterocycles. The Morgan fingerprint density at radius 2 is 2.04 bits per heavy atom. The van der Waals surface area contributed by atoms with Gasteiger partial charge in [-0.3, -0.25) is 14.7 Å². The van der Waals surface area contributed by atoms with Crippen molar-refractivity contribution in [3.8, 4) is 0 Å². The molecule has 2 aromatic carbocycles. The first kappa shape index (κ1) is 16.3. The van der Waals surface area contributed by atoms with Crippen molar-refractivity contribution in [3.05, 3.63) is 66.0 Å². The van der Waals surface area contributed by atoms with Crippen LogP contribution in [0.1, 0.15) is 27.1 Å². The fraction of sp³-hybridized carbons (Fsp3) is 0.250. The molecule has 6 heteroatoms. The average molecular weight is 348 g/mol. The Balaban J connectivity index is 1.40. The molecule has 2 amide bonds. The van der Waals surface area contributed by atoms with Gasteiger partial charge in [-0.15, -0.1) is 0 Å². The van der Waals surface area contributed by atoms with Crippen LogP contribution in [0.25, 0.3) is 10.8 Å². The minimum atomic E-state index is -0.141. The highest BCUT2D eigenvalue weighted by atomic mass is 16.2. The van der Waals surface area contributed by atoms with E-state index in [9.17, 15) is 9.59 Å². The molecule has 6 nitrogen and oxygen atoms in total. The monoisotopic (exact) mass is 348 g/mol. The number of fused-ring (bicyclic) bond motifs is 1. The van der Waals surface area contributed by atoms with Gasteiger partial charge in [0.15, 0.2) is 0 Å². The predicted molar refractivity (Wildman–Crippen MR) is 98.9 cm³/mol. The maximum absolute atomic E-state index is 13.0. The summed E-state index contributed by atoms with van der Waals surface area (Å²) < 4.78 is 0. The molecule has 0 saturated carbocycles. The molecule has 1 aromatic heterocycles. The molecule has 26 heavy (non-hydrogen) atoms. The summed E-state index contributed by atoms with van der Waals surface area (Å²) >= 11 is 0. The molecule has 1 aliphatic rings. The van der Waals surface area contributed by atoms with Gasteiger partial charge < -0.3 is 10.2 Å². The van der Waals surface area contributed by atoms with Crippen LogP contribution in [0.15, 0.2) is 54.9 Å². The lowest BCUT2D eigenvalue weighted by molar-refractivity contribution is 0.0789. The van der Waals surface area contributed by atoms with E-state index >= 15 is 0 Å². The summed E-state index contributed by atoms with van der Waals surface area (Å²) in [5.41, 5.74) is 1.26. The van der Waals surface area contributed by atoms with Crippen LogP contribution in [0.5, 0.6) is 0 Å². The summed E-state index contributed by atoms with van der Waals surface area (Å²) in [6, 6.07) is 13.8. The van der Waals surface area contributed by atoms with Gasteiger partial charge in [-0.2, -0.15) is 5.10 Å². The quantitative estimate of drug-likeness (QED) is 0.760. The molecule has 0 bridgehead atoms. The van der Waals surface area contributed by atoms with Crippen LogP contribution in [0.4, 0.5) is 0 Å². The third-order valence-electron chi connectivity index (χ3n) is 4.90. The van der Waals surface area contributed by atoms with Gasteiger partial charge in [0.1, 0.15) is 0 Å². The van der Waals surface area contributed by atoms with Crippen LogP contribution < -0.4 is 5.32 Å². The number of aromatic nitrogens is 2. The molecule has 0 aliphatic carbocycles. The molecule has 1 aliphatic heterocycles. The number of nitrogens with one attached hydrogen (secondary N) is 2. The molecule has 3 aromatic rings. The molecule has 0 radical (unpaired) electrons. The summed E-state index contributed by atoms with van der Waals surface area (Å²) in [5.74, 6) is 0.188. The van der Waals surface area contributed by atoms with Crippen LogP contribution in [0.2, 0.25) is 0 Å². The molecule has 132 valence electrons. The van der Waals surface area contributed by atoms with E-state index in [1.165, 1.54) is 6.20 Å². The van der Waals surface area contributed by atoms with Crippen molar-refractivity contribution in [1.82, 2.24) is 20.4 Å². The maximum atomic E-state index is 13.0. The van der Waals surface area contributed by atoms with Gasteiger partial charge in [0, 0.05) is 31.4 Å². The van der Waals surface area contributed by atoms with Crippen LogP contribution in [0, 0.1) is 5.92 Å². The van der Waals surface area contributed by atoms with Gasteiger partial charge in [0.25, 0.3) is 11.8 Å². The zero-order valence-corrected chi connectivity index (χ0v) is 14.3. The lowest BCUT2D eigenvalue weighted by Crippen LogP contribution is -2.33. The zero-order chi connectivity index (χ0) is 17.9. The number of amides is 2. The number of carbonyl (C=O) groups is 2. The molecular weight excluding hydrogens is 328 g/mol. The maximum Gasteiger partial charge on any atom is 0.254 e. The number of aromatic amines is 1. The van der Waals surface area contributed by atoms with E-state index in [4.69, 9.17) is 0 Å². The molecular formula is C20H20N4O2. The Bertz CT molecular complexity index is 931. The lowest BCUT2D eigenvalue weighted by atomic mass is 10.0. The summed E-state index contributed by atoms with van der Waals surface area (Å²) in [5, 5.41) is 11.4. The first-order valence-electron chi connectivity index (χ1n) is 8.76. The first-order valence-corrected chi connectivity index (χ1v) is 8.76. The standard InChI is InChI=1S/C20H20N4O2/c25-19(16-11-22-23-12-16)21-10-14-8-9-24(13-14)20(26)18-7-3-5-15-4-1-2-6-17(15)18/h1-7,11-12,14H,8-10,13H2,(H,21,25)(H,22,23). The van der Waals surface area contributed by atoms with Crippen molar-refractivity contribution < 1.29 is 9.59 Å². The minimum absolute atomic E-state index is 0.0606. The van der Waals surface area contributed by atoms with E-state index in [1.54, 1.807) is 6.20 Å². The number of carbonyl (C=O) groups excluding carboxylic acids is 2. The van der Waals surface area contributed by atoms with Crippen molar-refractivity contribution in [2.45, 2.75) is 6.42 Å². The Morgan fingerprint density at radius 1 is 1.19 bits per heavy atom. The van der Waals surface area contributed by atoms with Gasteiger partial charge in [-0.05, 0) is 29.2 Å². The molecule has 1 saturated heterocycles. The number of likely N-dealkylation sites (tertiary alicyclic amines) is 1. The summed E-state index contributed by atoms with van der Waals surface area (Å²) in [7, 11) is 0. The van der Waals surface area contributed by atoms with Crippen molar-refractivity contribution in [2.75, 3.05) is 19.6 Å². The number of hydrogen-bond acceptors (Lipinski definition) is 3. The van der Waals surface area contributed by atoms with Crippen LogP contribution in [-0.4, -0.2) is 46.5 Å². The van der Waals surface area contributed by atoms with E-state index in [0.29, 0.717) is 25.2 Å². The highest BCUT2D eigenvalue weighted by Gasteiger charge is 2.28. The summed E-state index contributed by atoms with van der Waals surface area (Å²) in [6.07, 6.45) is 3.96. The van der Waals surface area contributed by atoms with Gasteiger partial charge >= 0.3 is 0 Å². The molecule has 4 rings (SSSR count). The van der Waals surface area contributed by atoms with Gasteiger partial charge in [-0.1, -0.05) is 36.4 Å². The molecule has 1 unspecified atom stereocenters. The van der Waals surface area contributed by atoms with Gasteiger partial charge in [0.2, 0.25) is 0 Å².